The normalized spacial score (nSPS) is 14.6. The van der Waals surface area contributed by atoms with Gasteiger partial charge in [0.1, 0.15) is 34.3 Å². The Kier molecular flexibility index (Phi) is 6.49. The summed E-state index contributed by atoms with van der Waals surface area (Å²) in [5.41, 5.74) is 10.7. The highest BCUT2D eigenvalue weighted by Crippen LogP contribution is 2.39. The fourth-order valence-electron chi connectivity index (χ4n) is 7.11. The average Bonchev–Trinajstić information content (AvgIpc) is 3.77. The summed E-state index contributed by atoms with van der Waals surface area (Å²) in [6, 6.07) is 56.3. The first-order valence-corrected chi connectivity index (χ1v) is 16.8. The molecule has 0 spiro atoms. The molecule has 7 aromatic carbocycles. The number of rotatable bonds is 5. The molecule has 1 aliphatic rings. The molecule has 0 fully saturated rings. The molecule has 236 valence electrons. The molecule has 5 heteroatoms. The van der Waals surface area contributed by atoms with Gasteiger partial charge in [0.05, 0.1) is 0 Å². The van der Waals surface area contributed by atoms with Gasteiger partial charge in [-0.2, -0.15) is 0 Å². The molecule has 0 saturated heterocycles. The van der Waals surface area contributed by atoms with Gasteiger partial charge in [0, 0.05) is 43.8 Å². The van der Waals surface area contributed by atoms with Crippen molar-refractivity contribution in [1.82, 2.24) is 5.32 Å². The van der Waals surface area contributed by atoms with E-state index in [1.54, 1.807) is 0 Å². The Labute approximate surface area is 287 Å². The lowest BCUT2D eigenvalue weighted by molar-refractivity contribution is 0.655. The first-order chi connectivity index (χ1) is 24.8. The van der Waals surface area contributed by atoms with Crippen molar-refractivity contribution in [3.05, 3.63) is 180 Å². The third-order valence-electron chi connectivity index (χ3n) is 9.58. The largest absolute Gasteiger partial charge is 0.456 e. The van der Waals surface area contributed by atoms with Gasteiger partial charge in [-0.3, -0.25) is 0 Å². The molecular formula is C45H29N3O2. The number of benzene rings is 7. The number of hydrogen-bond acceptors (Lipinski definition) is 5. The second kappa shape index (κ2) is 11.5. The van der Waals surface area contributed by atoms with Crippen LogP contribution in [0.15, 0.2) is 183 Å². The van der Waals surface area contributed by atoms with Crippen molar-refractivity contribution in [2.75, 3.05) is 0 Å². The lowest BCUT2D eigenvalue weighted by atomic mass is 9.97. The first-order valence-electron chi connectivity index (χ1n) is 16.8. The summed E-state index contributed by atoms with van der Waals surface area (Å²) in [7, 11) is 0. The highest BCUT2D eigenvalue weighted by atomic mass is 16.3. The van der Waals surface area contributed by atoms with Gasteiger partial charge >= 0.3 is 0 Å². The van der Waals surface area contributed by atoms with E-state index in [-0.39, 0.29) is 0 Å². The number of furan rings is 2. The Hall–Kier alpha value is -6.72. The van der Waals surface area contributed by atoms with Gasteiger partial charge in [0.15, 0.2) is 5.84 Å². The molecule has 1 unspecified atom stereocenters. The van der Waals surface area contributed by atoms with Crippen LogP contribution in [0.2, 0.25) is 0 Å². The van der Waals surface area contributed by atoms with Gasteiger partial charge in [-0.15, -0.1) is 0 Å². The number of aliphatic imine (C=N–C) groups is 2. The molecular weight excluding hydrogens is 615 g/mol. The SMILES string of the molecule is c1ccc(-c2ccc(C3=NC(c4ccc(-c5ccccc5)c5oc6ccccc6c45)=NC(c4ccc5c(c4)oc4ccccc45)N3)cc2)cc1. The van der Waals surface area contributed by atoms with Crippen LogP contribution >= 0.6 is 0 Å². The number of para-hydroxylation sites is 2. The molecule has 0 amide bonds. The van der Waals surface area contributed by atoms with Gasteiger partial charge in [-0.05, 0) is 47.0 Å². The molecule has 1 aliphatic heterocycles. The molecule has 0 saturated carbocycles. The first kappa shape index (κ1) is 28.3. The van der Waals surface area contributed by atoms with Gasteiger partial charge in [0.2, 0.25) is 0 Å². The highest BCUT2D eigenvalue weighted by Gasteiger charge is 2.25. The molecule has 9 aromatic rings. The van der Waals surface area contributed by atoms with E-state index in [1.165, 1.54) is 5.56 Å². The average molecular weight is 644 g/mol. The summed E-state index contributed by atoms with van der Waals surface area (Å²) in [6.45, 7) is 0. The van der Waals surface area contributed by atoms with Crippen LogP contribution in [-0.4, -0.2) is 11.7 Å². The Bertz CT molecular complexity index is 2770. The zero-order chi connectivity index (χ0) is 33.0. The molecule has 10 rings (SSSR count). The molecule has 1 atom stereocenters. The molecule has 50 heavy (non-hydrogen) atoms. The van der Waals surface area contributed by atoms with Crippen LogP contribution in [0.1, 0.15) is 22.9 Å². The minimum atomic E-state index is -0.411. The fourth-order valence-corrected chi connectivity index (χ4v) is 7.11. The summed E-state index contributed by atoms with van der Waals surface area (Å²) in [4.78, 5) is 10.5. The van der Waals surface area contributed by atoms with E-state index in [9.17, 15) is 0 Å². The molecule has 1 N–H and O–H groups in total. The Morgan fingerprint density at radius 2 is 1.06 bits per heavy atom. The number of fused-ring (bicyclic) bond motifs is 6. The summed E-state index contributed by atoms with van der Waals surface area (Å²) in [5.74, 6) is 1.38. The van der Waals surface area contributed by atoms with Crippen LogP contribution in [0.3, 0.4) is 0 Å². The monoisotopic (exact) mass is 643 g/mol. The van der Waals surface area contributed by atoms with Crippen molar-refractivity contribution in [2.24, 2.45) is 9.98 Å². The van der Waals surface area contributed by atoms with Gasteiger partial charge < -0.3 is 14.2 Å². The number of nitrogens with zero attached hydrogens (tertiary/aromatic N) is 2. The summed E-state index contributed by atoms with van der Waals surface area (Å²) in [5, 5.41) is 7.86. The maximum absolute atomic E-state index is 6.59. The van der Waals surface area contributed by atoms with Gasteiger partial charge in [0.25, 0.3) is 0 Å². The molecule has 2 aromatic heterocycles. The maximum atomic E-state index is 6.59. The van der Waals surface area contributed by atoms with Crippen molar-refractivity contribution in [3.8, 4) is 22.3 Å². The lowest BCUT2D eigenvalue weighted by Crippen LogP contribution is -2.33. The van der Waals surface area contributed by atoms with Crippen LogP contribution in [0.4, 0.5) is 0 Å². The van der Waals surface area contributed by atoms with Crippen LogP contribution in [0.25, 0.3) is 66.1 Å². The van der Waals surface area contributed by atoms with Crippen LogP contribution in [0, 0.1) is 0 Å². The van der Waals surface area contributed by atoms with E-state index in [2.05, 4.69) is 127 Å². The van der Waals surface area contributed by atoms with Crippen molar-refractivity contribution >= 4 is 55.5 Å². The van der Waals surface area contributed by atoms with Crippen molar-refractivity contribution < 1.29 is 8.83 Å². The minimum absolute atomic E-state index is 0.411. The molecule has 0 bridgehead atoms. The molecule has 5 nitrogen and oxygen atoms in total. The Morgan fingerprint density at radius 1 is 0.460 bits per heavy atom. The Morgan fingerprint density at radius 3 is 1.84 bits per heavy atom. The molecule has 0 aliphatic carbocycles. The Balaban J connectivity index is 1.16. The number of hydrogen-bond donors (Lipinski definition) is 1. The number of nitrogens with one attached hydrogen (secondary N) is 1. The second-order valence-corrected chi connectivity index (χ2v) is 12.6. The lowest BCUT2D eigenvalue weighted by Gasteiger charge is -2.24. The van der Waals surface area contributed by atoms with Crippen molar-refractivity contribution in [2.45, 2.75) is 6.17 Å². The zero-order valence-electron chi connectivity index (χ0n) is 26.9. The van der Waals surface area contributed by atoms with Crippen LogP contribution in [-0.2, 0) is 0 Å². The minimum Gasteiger partial charge on any atom is -0.456 e. The second-order valence-electron chi connectivity index (χ2n) is 12.6. The van der Waals surface area contributed by atoms with E-state index in [0.29, 0.717) is 5.84 Å². The zero-order valence-corrected chi connectivity index (χ0v) is 26.9. The third kappa shape index (κ3) is 4.71. The van der Waals surface area contributed by atoms with Crippen molar-refractivity contribution in [3.63, 3.8) is 0 Å². The topological polar surface area (TPSA) is 63.0 Å². The standard InChI is InChI=1S/C45H29N3O2/c1-3-11-28(12-4-1)29-19-21-31(22-20-29)43-46-44(32-23-24-35-34-15-7-9-17-38(34)49-40(35)27-32)48-45(47-43)37-26-25-33(30-13-5-2-6-14-30)42-41(37)36-16-8-10-18-39(36)50-42/h1-27,44H,(H,46,47,48). The predicted molar refractivity (Wildman–Crippen MR) is 204 cm³/mol. The van der Waals surface area contributed by atoms with E-state index >= 15 is 0 Å². The maximum Gasteiger partial charge on any atom is 0.160 e. The summed E-state index contributed by atoms with van der Waals surface area (Å²) >= 11 is 0. The van der Waals surface area contributed by atoms with E-state index < -0.39 is 6.17 Å². The van der Waals surface area contributed by atoms with Crippen LogP contribution < -0.4 is 5.32 Å². The van der Waals surface area contributed by atoms with Crippen LogP contribution in [0.5, 0.6) is 0 Å². The predicted octanol–water partition coefficient (Wildman–Crippen LogP) is 11.3. The fraction of sp³-hybridized carbons (Fsp3) is 0.0222. The van der Waals surface area contributed by atoms with E-state index in [0.717, 1.165) is 83.1 Å². The molecule has 0 radical (unpaired) electrons. The summed E-state index contributed by atoms with van der Waals surface area (Å²) < 4.78 is 12.9. The number of amidine groups is 2. The smallest absolute Gasteiger partial charge is 0.160 e. The van der Waals surface area contributed by atoms with Gasteiger partial charge in [-0.1, -0.05) is 133 Å². The molecule has 3 heterocycles. The quantitative estimate of drug-likeness (QED) is 0.203. The van der Waals surface area contributed by atoms with E-state index in [1.807, 2.05) is 42.5 Å². The van der Waals surface area contributed by atoms with Crippen molar-refractivity contribution in [1.29, 1.82) is 0 Å². The summed E-state index contributed by atoms with van der Waals surface area (Å²) in [6.07, 6.45) is -0.411. The third-order valence-corrected chi connectivity index (χ3v) is 9.58. The highest BCUT2D eigenvalue weighted by molar-refractivity contribution is 6.23. The van der Waals surface area contributed by atoms with Gasteiger partial charge in [-0.25, -0.2) is 9.98 Å². The van der Waals surface area contributed by atoms with E-state index in [4.69, 9.17) is 18.8 Å².